The predicted octanol–water partition coefficient (Wildman–Crippen LogP) is 3.31. The van der Waals surface area contributed by atoms with Crippen molar-refractivity contribution in [2.45, 2.75) is 52.6 Å². The molecule has 0 aliphatic carbocycles. The Balaban J connectivity index is 2.59. The van der Waals surface area contributed by atoms with Crippen LogP contribution in [0.4, 0.5) is 0 Å². The summed E-state index contributed by atoms with van der Waals surface area (Å²) in [6.45, 7) is 8.90. The lowest BCUT2D eigenvalue weighted by Crippen LogP contribution is -2.35. The third-order valence-corrected chi connectivity index (χ3v) is 3.35. The maximum Gasteiger partial charge on any atom is 0.0584 e. The van der Waals surface area contributed by atoms with Crippen LogP contribution in [0.2, 0.25) is 0 Å². The quantitative estimate of drug-likeness (QED) is 0.777. The molecule has 18 heavy (non-hydrogen) atoms. The Morgan fingerprint density at radius 2 is 1.72 bits per heavy atom. The number of benzene rings is 1. The molecule has 1 aromatic rings. The summed E-state index contributed by atoms with van der Waals surface area (Å²) in [4.78, 5) is 0. The molecular weight excluding hydrogens is 222 g/mol. The van der Waals surface area contributed by atoms with Gasteiger partial charge in [0.25, 0.3) is 0 Å². The average molecular weight is 249 g/mol. The van der Waals surface area contributed by atoms with Gasteiger partial charge in [-0.3, -0.25) is 0 Å². The van der Waals surface area contributed by atoms with Crippen LogP contribution in [0, 0.1) is 5.92 Å². The van der Waals surface area contributed by atoms with Gasteiger partial charge < -0.3 is 10.4 Å². The molecule has 1 aromatic carbocycles. The number of nitrogens with one attached hydrogen (secondary N) is 1. The molecule has 0 amide bonds. The minimum atomic E-state index is 0.186. The summed E-state index contributed by atoms with van der Waals surface area (Å²) < 4.78 is 0. The van der Waals surface area contributed by atoms with E-state index in [0.717, 1.165) is 12.8 Å². The van der Waals surface area contributed by atoms with Gasteiger partial charge in [-0.2, -0.15) is 0 Å². The van der Waals surface area contributed by atoms with Gasteiger partial charge >= 0.3 is 0 Å². The van der Waals surface area contributed by atoms with Crippen LogP contribution < -0.4 is 5.32 Å². The summed E-state index contributed by atoms with van der Waals surface area (Å²) in [5, 5.41) is 12.9. The first-order chi connectivity index (χ1) is 8.56. The number of aryl methyl sites for hydroxylation is 1. The summed E-state index contributed by atoms with van der Waals surface area (Å²) in [6, 6.07) is 9.20. The second-order valence-corrected chi connectivity index (χ2v) is 5.49. The van der Waals surface area contributed by atoms with E-state index in [9.17, 15) is 5.11 Å². The first-order valence-corrected chi connectivity index (χ1v) is 7.02. The molecule has 0 saturated carbocycles. The summed E-state index contributed by atoms with van der Waals surface area (Å²) in [6.07, 6.45) is 2.09. The first-order valence-electron chi connectivity index (χ1n) is 7.02. The molecule has 0 aliphatic heterocycles. The monoisotopic (exact) mass is 249 g/mol. The lowest BCUT2D eigenvalue weighted by Gasteiger charge is -2.23. The van der Waals surface area contributed by atoms with Crippen LogP contribution in [-0.2, 0) is 6.42 Å². The highest BCUT2D eigenvalue weighted by Gasteiger charge is 2.13. The van der Waals surface area contributed by atoms with Crippen molar-refractivity contribution in [2.24, 2.45) is 5.92 Å². The van der Waals surface area contributed by atoms with Crippen molar-refractivity contribution >= 4 is 0 Å². The minimum absolute atomic E-state index is 0.186. The van der Waals surface area contributed by atoms with E-state index in [4.69, 9.17) is 0 Å². The zero-order valence-corrected chi connectivity index (χ0v) is 12.1. The van der Waals surface area contributed by atoms with Crippen molar-refractivity contribution in [1.29, 1.82) is 0 Å². The number of hydrogen-bond donors (Lipinski definition) is 2. The van der Waals surface area contributed by atoms with Crippen LogP contribution in [0.1, 0.15) is 51.3 Å². The zero-order chi connectivity index (χ0) is 13.5. The largest absolute Gasteiger partial charge is 0.395 e. The lowest BCUT2D eigenvalue weighted by molar-refractivity contribution is 0.215. The Bertz CT molecular complexity index is 331. The summed E-state index contributed by atoms with van der Waals surface area (Å²) in [5.41, 5.74) is 2.65. The van der Waals surface area contributed by atoms with E-state index in [-0.39, 0.29) is 18.7 Å². The van der Waals surface area contributed by atoms with Crippen molar-refractivity contribution in [3.05, 3.63) is 35.4 Å². The Hall–Kier alpha value is -0.860. The fourth-order valence-electron chi connectivity index (χ4n) is 2.26. The van der Waals surface area contributed by atoms with Crippen LogP contribution in [0.15, 0.2) is 24.3 Å². The highest BCUT2D eigenvalue weighted by molar-refractivity contribution is 5.24. The summed E-state index contributed by atoms with van der Waals surface area (Å²) in [5.74, 6) is 0.601. The van der Waals surface area contributed by atoms with E-state index in [1.807, 2.05) is 0 Å². The number of rotatable bonds is 7. The van der Waals surface area contributed by atoms with Crippen molar-refractivity contribution in [3.8, 4) is 0 Å². The van der Waals surface area contributed by atoms with Crippen molar-refractivity contribution in [2.75, 3.05) is 6.61 Å². The van der Waals surface area contributed by atoms with E-state index in [0.29, 0.717) is 5.92 Å². The second-order valence-electron chi connectivity index (χ2n) is 5.49. The molecule has 2 nitrogen and oxygen atoms in total. The second kappa shape index (κ2) is 7.55. The molecule has 1 rings (SSSR count). The average Bonchev–Trinajstić information content (AvgIpc) is 2.37. The molecule has 2 atom stereocenters. The van der Waals surface area contributed by atoms with E-state index in [1.54, 1.807) is 0 Å². The smallest absolute Gasteiger partial charge is 0.0584 e. The van der Waals surface area contributed by atoms with E-state index < -0.39 is 0 Å². The number of aliphatic hydroxyl groups excluding tert-OH is 1. The standard InChI is InChI=1S/C16H27NO/c1-5-14-6-8-15(9-7-14)13(4)17-16(11-18)10-12(2)3/h6-9,12-13,16-18H,5,10-11H2,1-4H3. The lowest BCUT2D eigenvalue weighted by atomic mass is 10.0. The predicted molar refractivity (Wildman–Crippen MR) is 77.7 cm³/mol. The molecule has 2 N–H and O–H groups in total. The van der Waals surface area contributed by atoms with E-state index in [1.165, 1.54) is 11.1 Å². The van der Waals surface area contributed by atoms with Gasteiger partial charge in [0.1, 0.15) is 0 Å². The molecular formula is C16H27NO. The van der Waals surface area contributed by atoms with Gasteiger partial charge in [-0.1, -0.05) is 45.0 Å². The molecule has 2 heteroatoms. The fraction of sp³-hybridized carbons (Fsp3) is 0.625. The summed E-state index contributed by atoms with van der Waals surface area (Å²) in [7, 11) is 0. The van der Waals surface area contributed by atoms with Crippen molar-refractivity contribution < 1.29 is 5.11 Å². The molecule has 2 unspecified atom stereocenters. The molecule has 0 aliphatic rings. The molecule has 0 aromatic heterocycles. The van der Waals surface area contributed by atoms with Gasteiger partial charge in [0, 0.05) is 12.1 Å². The minimum Gasteiger partial charge on any atom is -0.395 e. The van der Waals surface area contributed by atoms with E-state index >= 15 is 0 Å². The zero-order valence-electron chi connectivity index (χ0n) is 12.1. The van der Waals surface area contributed by atoms with Gasteiger partial charge in [0.2, 0.25) is 0 Å². The topological polar surface area (TPSA) is 32.3 Å². The maximum atomic E-state index is 9.39. The van der Waals surface area contributed by atoms with Crippen LogP contribution in [-0.4, -0.2) is 17.8 Å². The van der Waals surface area contributed by atoms with Gasteiger partial charge in [0.15, 0.2) is 0 Å². The molecule has 0 saturated heterocycles. The SMILES string of the molecule is CCc1ccc(C(C)NC(CO)CC(C)C)cc1. The normalized spacial score (nSPS) is 14.8. The van der Waals surface area contributed by atoms with E-state index in [2.05, 4.69) is 57.3 Å². The summed E-state index contributed by atoms with van der Waals surface area (Å²) >= 11 is 0. The third-order valence-electron chi connectivity index (χ3n) is 3.35. The Morgan fingerprint density at radius 3 is 2.17 bits per heavy atom. The van der Waals surface area contributed by atoms with Crippen LogP contribution in [0.3, 0.4) is 0 Å². The molecule has 102 valence electrons. The maximum absolute atomic E-state index is 9.39. The van der Waals surface area contributed by atoms with Crippen molar-refractivity contribution in [3.63, 3.8) is 0 Å². The van der Waals surface area contributed by atoms with Crippen molar-refractivity contribution in [1.82, 2.24) is 5.32 Å². The highest BCUT2D eigenvalue weighted by atomic mass is 16.3. The first kappa shape index (κ1) is 15.2. The van der Waals surface area contributed by atoms with Gasteiger partial charge in [-0.15, -0.1) is 0 Å². The van der Waals surface area contributed by atoms with Crippen LogP contribution in [0.25, 0.3) is 0 Å². The molecule has 0 heterocycles. The Morgan fingerprint density at radius 1 is 1.11 bits per heavy atom. The fourth-order valence-corrected chi connectivity index (χ4v) is 2.26. The van der Waals surface area contributed by atoms with Crippen LogP contribution >= 0.6 is 0 Å². The van der Waals surface area contributed by atoms with Gasteiger partial charge in [-0.05, 0) is 36.8 Å². The number of hydrogen-bond acceptors (Lipinski definition) is 2. The highest BCUT2D eigenvalue weighted by Crippen LogP contribution is 2.16. The van der Waals surface area contributed by atoms with Gasteiger partial charge in [-0.25, -0.2) is 0 Å². The molecule has 0 radical (unpaired) electrons. The molecule has 0 bridgehead atoms. The Kier molecular flexibility index (Phi) is 6.37. The van der Waals surface area contributed by atoms with Gasteiger partial charge in [0.05, 0.1) is 6.61 Å². The third kappa shape index (κ3) is 4.79. The molecule has 0 spiro atoms. The Labute approximate surface area is 111 Å². The molecule has 0 fully saturated rings. The van der Waals surface area contributed by atoms with Crippen LogP contribution in [0.5, 0.6) is 0 Å². The number of aliphatic hydroxyl groups is 1.